The van der Waals surface area contributed by atoms with Gasteiger partial charge in [0.05, 0.1) is 5.69 Å². The van der Waals surface area contributed by atoms with Crippen LogP contribution >= 0.6 is 0 Å². The fourth-order valence-corrected chi connectivity index (χ4v) is 10.4. The molecule has 0 aromatic heterocycles. The highest BCUT2D eigenvalue weighted by Gasteiger charge is 2.48. The van der Waals surface area contributed by atoms with Crippen molar-refractivity contribution in [3.8, 4) is 44.5 Å². The molecule has 0 fully saturated rings. The highest BCUT2D eigenvalue weighted by molar-refractivity contribution is 6.03. The molecule has 7 aromatic carbocycles. The van der Waals surface area contributed by atoms with Crippen LogP contribution in [0.2, 0.25) is 0 Å². The average Bonchev–Trinajstić information content (AvgIpc) is 3.67. The molecule has 1 heteroatoms. The summed E-state index contributed by atoms with van der Waals surface area (Å²) in [7, 11) is 0. The van der Waals surface area contributed by atoms with E-state index in [0.717, 1.165) is 0 Å². The van der Waals surface area contributed by atoms with Gasteiger partial charge in [-0.1, -0.05) is 163 Å². The minimum atomic E-state index is -0.229. The Morgan fingerprint density at radius 2 is 0.849 bits per heavy atom. The Bertz CT molecular complexity index is 2570. The molecule has 0 N–H and O–H groups in total. The molecule has 0 bridgehead atoms. The summed E-state index contributed by atoms with van der Waals surface area (Å²) in [5.74, 6) is 0. The first kappa shape index (κ1) is 32.0. The highest BCUT2D eigenvalue weighted by atomic mass is 15.2. The topological polar surface area (TPSA) is 3.24 Å². The molecule has 0 heterocycles. The van der Waals surface area contributed by atoms with Crippen molar-refractivity contribution in [1.82, 2.24) is 0 Å². The van der Waals surface area contributed by atoms with Gasteiger partial charge < -0.3 is 4.90 Å². The molecule has 3 aliphatic carbocycles. The van der Waals surface area contributed by atoms with Gasteiger partial charge >= 0.3 is 0 Å². The summed E-state index contributed by atoms with van der Waals surface area (Å²) in [5, 5.41) is 0. The highest BCUT2D eigenvalue weighted by Crippen LogP contribution is 2.64. The summed E-state index contributed by atoms with van der Waals surface area (Å²) in [6.45, 7) is 17.0. The predicted octanol–water partition coefficient (Wildman–Crippen LogP) is 14.1. The van der Waals surface area contributed by atoms with Gasteiger partial charge in [0.15, 0.2) is 0 Å². The molecular weight excluding hydrogens is 639 g/mol. The van der Waals surface area contributed by atoms with E-state index in [9.17, 15) is 0 Å². The Morgan fingerprint density at radius 3 is 1.45 bits per heavy atom. The van der Waals surface area contributed by atoms with E-state index in [1.807, 2.05) is 0 Å². The number of fused-ring (bicyclic) bond motifs is 9. The lowest BCUT2D eigenvalue weighted by atomic mass is 9.74. The molecule has 258 valence electrons. The summed E-state index contributed by atoms with van der Waals surface area (Å²) < 4.78 is 0. The second-order valence-corrected chi connectivity index (χ2v) is 17.0. The SMILES string of the molecule is Cc1c2c(c(N(c3cccc(-c4ccccc4)c3)c3ccc4c(c3)C(C)(C)c3ccccc3-4)c3c1-c1ccccc1C3(C)C)C(C)(C)c1ccccc1-2. The molecule has 0 radical (unpaired) electrons. The molecule has 3 aliphatic rings. The summed E-state index contributed by atoms with van der Waals surface area (Å²) in [4.78, 5) is 2.64. The second kappa shape index (κ2) is 10.9. The minimum absolute atomic E-state index is 0.123. The molecule has 53 heavy (non-hydrogen) atoms. The Balaban J connectivity index is 1.35. The van der Waals surface area contributed by atoms with Crippen molar-refractivity contribution in [2.75, 3.05) is 4.90 Å². The molecule has 0 atom stereocenters. The molecule has 0 aliphatic heterocycles. The maximum Gasteiger partial charge on any atom is 0.0556 e. The quantitative estimate of drug-likeness (QED) is 0.178. The third kappa shape index (κ3) is 4.25. The van der Waals surface area contributed by atoms with Crippen molar-refractivity contribution in [3.63, 3.8) is 0 Å². The van der Waals surface area contributed by atoms with E-state index in [1.165, 1.54) is 101 Å². The molecule has 0 unspecified atom stereocenters. The lowest BCUT2D eigenvalue weighted by Gasteiger charge is -2.38. The second-order valence-electron chi connectivity index (χ2n) is 17.0. The number of benzene rings is 7. The zero-order valence-electron chi connectivity index (χ0n) is 31.8. The smallest absolute Gasteiger partial charge is 0.0556 e. The fourth-order valence-electron chi connectivity index (χ4n) is 10.4. The van der Waals surface area contributed by atoms with Crippen LogP contribution in [0.15, 0.2) is 146 Å². The van der Waals surface area contributed by atoms with Gasteiger partial charge in [-0.3, -0.25) is 0 Å². The molecule has 0 spiro atoms. The molecule has 7 aromatic rings. The van der Waals surface area contributed by atoms with Crippen LogP contribution in [0.5, 0.6) is 0 Å². The maximum absolute atomic E-state index is 2.64. The lowest BCUT2D eigenvalue weighted by Crippen LogP contribution is -2.26. The molecule has 1 nitrogen and oxygen atoms in total. The Kier molecular flexibility index (Phi) is 6.61. The number of rotatable bonds is 4. The van der Waals surface area contributed by atoms with E-state index in [4.69, 9.17) is 0 Å². The number of hydrogen-bond acceptors (Lipinski definition) is 1. The monoisotopic (exact) mass is 683 g/mol. The van der Waals surface area contributed by atoms with Crippen LogP contribution in [0.25, 0.3) is 44.5 Å². The predicted molar refractivity (Wildman–Crippen MR) is 224 cm³/mol. The van der Waals surface area contributed by atoms with Crippen LogP contribution in [0.4, 0.5) is 17.1 Å². The van der Waals surface area contributed by atoms with Crippen LogP contribution in [0, 0.1) is 6.92 Å². The molecule has 0 saturated carbocycles. The molecule has 0 amide bonds. The van der Waals surface area contributed by atoms with Crippen molar-refractivity contribution in [2.24, 2.45) is 0 Å². The summed E-state index contributed by atoms with van der Waals surface area (Å²) >= 11 is 0. The number of hydrogen-bond donors (Lipinski definition) is 0. The van der Waals surface area contributed by atoms with Gasteiger partial charge in [0.2, 0.25) is 0 Å². The van der Waals surface area contributed by atoms with Crippen LogP contribution < -0.4 is 4.90 Å². The normalized spacial score (nSPS) is 15.9. The van der Waals surface area contributed by atoms with E-state index >= 15 is 0 Å². The van der Waals surface area contributed by atoms with Crippen LogP contribution in [-0.2, 0) is 16.2 Å². The Hall–Kier alpha value is -5.66. The van der Waals surface area contributed by atoms with E-state index < -0.39 is 0 Å². The van der Waals surface area contributed by atoms with Crippen LogP contribution in [0.3, 0.4) is 0 Å². The number of nitrogens with zero attached hydrogens (tertiary/aromatic N) is 1. The first-order chi connectivity index (χ1) is 25.5. The molecular formula is C52H45N. The first-order valence-electron chi connectivity index (χ1n) is 19.1. The van der Waals surface area contributed by atoms with E-state index in [1.54, 1.807) is 0 Å². The standard InChI is InChI=1S/C52H45N/c1-32-45-39-23-12-15-26-42(39)51(4,5)47(45)49(48-46(32)40-24-13-16-27-43(40)52(48,6)7)53(35-21-17-20-34(30-35)33-18-9-8-10-19-33)36-28-29-38-37-22-11-14-25-41(37)50(2,3)44(38)31-36/h8-31H,1-7H3. The van der Waals surface area contributed by atoms with Crippen molar-refractivity contribution >= 4 is 17.1 Å². The van der Waals surface area contributed by atoms with Crippen molar-refractivity contribution in [3.05, 3.63) is 185 Å². The van der Waals surface area contributed by atoms with Gasteiger partial charge in [0.25, 0.3) is 0 Å². The lowest BCUT2D eigenvalue weighted by molar-refractivity contribution is 0.639. The average molecular weight is 684 g/mol. The van der Waals surface area contributed by atoms with Crippen molar-refractivity contribution < 1.29 is 0 Å². The third-order valence-corrected chi connectivity index (χ3v) is 13.0. The van der Waals surface area contributed by atoms with E-state index in [-0.39, 0.29) is 16.2 Å². The maximum atomic E-state index is 2.64. The Morgan fingerprint density at radius 1 is 0.377 bits per heavy atom. The Labute approximate surface area is 314 Å². The van der Waals surface area contributed by atoms with Gasteiger partial charge in [-0.25, -0.2) is 0 Å². The summed E-state index contributed by atoms with van der Waals surface area (Å²) in [6, 6.07) is 54.6. The van der Waals surface area contributed by atoms with Crippen LogP contribution in [0.1, 0.15) is 80.5 Å². The van der Waals surface area contributed by atoms with Gasteiger partial charge in [0.1, 0.15) is 0 Å². The minimum Gasteiger partial charge on any atom is -0.310 e. The fraction of sp³-hybridized carbons (Fsp3) is 0.192. The van der Waals surface area contributed by atoms with Gasteiger partial charge in [-0.2, -0.15) is 0 Å². The van der Waals surface area contributed by atoms with E-state index in [0.29, 0.717) is 0 Å². The van der Waals surface area contributed by atoms with Gasteiger partial charge in [-0.15, -0.1) is 0 Å². The van der Waals surface area contributed by atoms with Crippen molar-refractivity contribution in [1.29, 1.82) is 0 Å². The largest absolute Gasteiger partial charge is 0.310 e. The zero-order valence-corrected chi connectivity index (χ0v) is 31.8. The summed E-state index contributed by atoms with van der Waals surface area (Å²) in [5.41, 5.74) is 23.6. The van der Waals surface area contributed by atoms with Crippen LogP contribution in [-0.4, -0.2) is 0 Å². The molecule has 10 rings (SSSR count). The van der Waals surface area contributed by atoms with Gasteiger partial charge in [0, 0.05) is 27.6 Å². The first-order valence-corrected chi connectivity index (χ1v) is 19.1. The van der Waals surface area contributed by atoms with Crippen molar-refractivity contribution in [2.45, 2.75) is 64.7 Å². The van der Waals surface area contributed by atoms with Gasteiger partial charge in [-0.05, 0) is 115 Å². The number of anilines is 3. The van der Waals surface area contributed by atoms with E-state index in [2.05, 4.69) is 199 Å². The molecule has 0 saturated heterocycles. The zero-order chi connectivity index (χ0) is 36.4. The third-order valence-electron chi connectivity index (χ3n) is 13.0. The summed E-state index contributed by atoms with van der Waals surface area (Å²) in [6.07, 6.45) is 0.